The van der Waals surface area contributed by atoms with Crippen LogP contribution < -0.4 is 14.8 Å². The Bertz CT molecular complexity index is 958. The number of ether oxygens (including phenoxy) is 2. The predicted octanol–water partition coefficient (Wildman–Crippen LogP) is 3.90. The van der Waals surface area contributed by atoms with Crippen LogP contribution in [0.5, 0.6) is 11.5 Å². The van der Waals surface area contributed by atoms with Gasteiger partial charge < -0.3 is 19.3 Å². The number of nitrogens with zero attached hydrogens (tertiary/aromatic N) is 2. The lowest BCUT2D eigenvalue weighted by Crippen LogP contribution is -2.26. The van der Waals surface area contributed by atoms with Gasteiger partial charge in [-0.2, -0.15) is 4.98 Å². The Morgan fingerprint density at radius 1 is 1.15 bits per heavy atom. The maximum atomic E-state index is 12.5. The summed E-state index contributed by atoms with van der Waals surface area (Å²) in [5.41, 5.74) is 1.08. The van der Waals surface area contributed by atoms with Crippen LogP contribution in [-0.2, 0) is 0 Å². The summed E-state index contributed by atoms with van der Waals surface area (Å²) < 4.78 is 15.7. The zero-order chi connectivity index (χ0) is 19.4. The summed E-state index contributed by atoms with van der Waals surface area (Å²) in [6, 6.07) is 11.6. The number of nitrogens with one attached hydrogen (secondary N) is 1. The van der Waals surface area contributed by atoms with Crippen molar-refractivity contribution in [2.75, 3.05) is 14.2 Å². The van der Waals surface area contributed by atoms with Crippen molar-refractivity contribution in [3.8, 4) is 22.9 Å². The summed E-state index contributed by atoms with van der Waals surface area (Å²) in [7, 11) is 3.04. The molecular formula is C19H18ClN3O4. The number of hydrogen-bond acceptors (Lipinski definition) is 6. The second-order valence-corrected chi connectivity index (χ2v) is 6.11. The van der Waals surface area contributed by atoms with Gasteiger partial charge in [-0.3, -0.25) is 4.79 Å². The van der Waals surface area contributed by atoms with Crippen molar-refractivity contribution in [1.82, 2.24) is 15.5 Å². The minimum absolute atomic E-state index is 0.277. The van der Waals surface area contributed by atoms with Gasteiger partial charge in [0, 0.05) is 11.1 Å². The predicted molar refractivity (Wildman–Crippen MR) is 100 cm³/mol. The molecule has 2 aromatic carbocycles. The Labute approximate surface area is 161 Å². The maximum absolute atomic E-state index is 12.5. The lowest BCUT2D eigenvalue weighted by molar-refractivity contribution is 0.0932. The highest BCUT2D eigenvalue weighted by Crippen LogP contribution is 2.28. The minimum atomic E-state index is -0.491. The van der Waals surface area contributed by atoms with Gasteiger partial charge in [-0.05, 0) is 37.3 Å². The Morgan fingerprint density at radius 3 is 2.59 bits per heavy atom. The molecule has 3 aromatic rings. The fraction of sp³-hybridized carbons (Fsp3) is 0.211. The average molecular weight is 388 g/mol. The molecule has 1 atom stereocenters. The second kappa shape index (κ2) is 8.09. The molecule has 0 aliphatic rings. The van der Waals surface area contributed by atoms with Crippen LogP contribution >= 0.6 is 11.6 Å². The van der Waals surface area contributed by atoms with E-state index in [0.29, 0.717) is 33.5 Å². The number of benzene rings is 2. The van der Waals surface area contributed by atoms with Crippen LogP contribution in [0.4, 0.5) is 0 Å². The monoisotopic (exact) mass is 387 g/mol. The van der Waals surface area contributed by atoms with Gasteiger partial charge in [0.15, 0.2) is 11.5 Å². The summed E-state index contributed by atoms with van der Waals surface area (Å²) in [5.74, 6) is 1.35. The fourth-order valence-electron chi connectivity index (χ4n) is 2.48. The highest BCUT2D eigenvalue weighted by molar-refractivity contribution is 6.33. The molecule has 0 fully saturated rings. The van der Waals surface area contributed by atoms with Gasteiger partial charge in [0.25, 0.3) is 5.91 Å². The molecule has 8 heteroatoms. The summed E-state index contributed by atoms with van der Waals surface area (Å²) in [5, 5.41) is 7.28. The molecule has 140 valence electrons. The zero-order valence-electron chi connectivity index (χ0n) is 15.0. The van der Waals surface area contributed by atoms with E-state index in [1.54, 1.807) is 37.3 Å². The molecule has 1 unspecified atom stereocenters. The molecule has 0 aliphatic heterocycles. The molecule has 27 heavy (non-hydrogen) atoms. The molecule has 0 spiro atoms. The van der Waals surface area contributed by atoms with Crippen LogP contribution in [0.25, 0.3) is 11.4 Å². The first-order chi connectivity index (χ1) is 13.0. The third kappa shape index (κ3) is 4.03. The van der Waals surface area contributed by atoms with Crippen molar-refractivity contribution < 1.29 is 18.8 Å². The van der Waals surface area contributed by atoms with Gasteiger partial charge in [0.1, 0.15) is 6.04 Å². The standard InChI is InChI=1S/C19H18ClN3O4/c1-11(19-22-17(23-27-19)13-6-4-5-7-14(13)20)21-18(24)12-8-9-15(25-2)16(10-12)26-3/h4-11H,1-3H3,(H,21,24). The zero-order valence-corrected chi connectivity index (χ0v) is 15.8. The Morgan fingerprint density at radius 2 is 1.89 bits per heavy atom. The van der Waals surface area contributed by atoms with Crippen LogP contribution in [0.2, 0.25) is 5.02 Å². The molecule has 0 bridgehead atoms. The lowest BCUT2D eigenvalue weighted by atomic mass is 10.1. The van der Waals surface area contributed by atoms with Crippen LogP contribution in [0.15, 0.2) is 47.0 Å². The molecule has 7 nitrogen and oxygen atoms in total. The van der Waals surface area contributed by atoms with Crippen LogP contribution in [0, 0.1) is 0 Å². The molecule has 3 rings (SSSR count). The van der Waals surface area contributed by atoms with Crippen molar-refractivity contribution in [1.29, 1.82) is 0 Å². The number of aromatic nitrogens is 2. The van der Waals surface area contributed by atoms with E-state index in [0.717, 1.165) is 0 Å². The van der Waals surface area contributed by atoms with E-state index in [9.17, 15) is 4.79 Å². The first kappa shape index (κ1) is 18.7. The van der Waals surface area contributed by atoms with E-state index in [2.05, 4.69) is 15.5 Å². The van der Waals surface area contributed by atoms with Gasteiger partial charge in [-0.15, -0.1) is 0 Å². The molecule has 1 aromatic heterocycles. The van der Waals surface area contributed by atoms with Gasteiger partial charge in [-0.1, -0.05) is 28.9 Å². The summed E-state index contributed by atoms with van der Waals surface area (Å²) in [6.45, 7) is 1.75. The molecule has 0 radical (unpaired) electrons. The number of rotatable bonds is 6. The van der Waals surface area contributed by atoms with Gasteiger partial charge in [0.2, 0.25) is 11.7 Å². The quantitative estimate of drug-likeness (QED) is 0.690. The van der Waals surface area contributed by atoms with E-state index in [1.807, 2.05) is 12.1 Å². The average Bonchev–Trinajstić information content (AvgIpc) is 3.17. The van der Waals surface area contributed by atoms with E-state index in [-0.39, 0.29) is 11.8 Å². The molecule has 1 amide bonds. The number of amides is 1. The molecule has 1 heterocycles. The number of halogens is 1. The fourth-order valence-corrected chi connectivity index (χ4v) is 2.70. The van der Waals surface area contributed by atoms with E-state index < -0.39 is 6.04 Å². The lowest BCUT2D eigenvalue weighted by Gasteiger charge is -2.12. The number of methoxy groups -OCH3 is 2. The summed E-state index contributed by atoms with van der Waals surface area (Å²) in [4.78, 5) is 16.8. The van der Waals surface area contributed by atoms with Crippen molar-refractivity contribution >= 4 is 17.5 Å². The van der Waals surface area contributed by atoms with E-state index in [1.165, 1.54) is 14.2 Å². The Balaban J connectivity index is 1.75. The van der Waals surface area contributed by atoms with Crippen LogP contribution in [0.3, 0.4) is 0 Å². The van der Waals surface area contributed by atoms with Crippen LogP contribution in [0.1, 0.15) is 29.2 Å². The largest absolute Gasteiger partial charge is 0.493 e. The van der Waals surface area contributed by atoms with Gasteiger partial charge in [0.05, 0.1) is 19.2 Å². The minimum Gasteiger partial charge on any atom is -0.493 e. The SMILES string of the molecule is COc1ccc(C(=O)NC(C)c2nc(-c3ccccc3Cl)no2)cc1OC. The Hall–Kier alpha value is -3.06. The maximum Gasteiger partial charge on any atom is 0.252 e. The van der Waals surface area contributed by atoms with Crippen LogP contribution in [-0.4, -0.2) is 30.3 Å². The summed E-state index contributed by atoms with van der Waals surface area (Å²) >= 11 is 6.15. The number of carbonyl (C=O) groups is 1. The van der Waals surface area contributed by atoms with Crippen molar-refractivity contribution in [3.05, 3.63) is 58.9 Å². The van der Waals surface area contributed by atoms with E-state index in [4.69, 9.17) is 25.6 Å². The first-order valence-electron chi connectivity index (χ1n) is 8.15. The third-order valence-electron chi connectivity index (χ3n) is 3.92. The Kier molecular flexibility index (Phi) is 5.61. The molecular weight excluding hydrogens is 370 g/mol. The van der Waals surface area contributed by atoms with Crippen molar-refractivity contribution in [3.63, 3.8) is 0 Å². The second-order valence-electron chi connectivity index (χ2n) is 5.70. The molecule has 0 saturated heterocycles. The molecule has 0 aliphatic carbocycles. The molecule has 0 saturated carbocycles. The third-order valence-corrected chi connectivity index (χ3v) is 4.25. The normalized spacial score (nSPS) is 11.7. The topological polar surface area (TPSA) is 86.5 Å². The van der Waals surface area contributed by atoms with Gasteiger partial charge in [-0.25, -0.2) is 0 Å². The highest BCUT2D eigenvalue weighted by atomic mass is 35.5. The van der Waals surface area contributed by atoms with Gasteiger partial charge >= 0.3 is 0 Å². The number of hydrogen-bond donors (Lipinski definition) is 1. The van der Waals surface area contributed by atoms with Crippen molar-refractivity contribution in [2.24, 2.45) is 0 Å². The first-order valence-corrected chi connectivity index (χ1v) is 8.52. The smallest absolute Gasteiger partial charge is 0.252 e. The molecule has 1 N–H and O–H groups in total. The summed E-state index contributed by atoms with van der Waals surface area (Å²) in [6.07, 6.45) is 0. The van der Waals surface area contributed by atoms with E-state index >= 15 is 0 Å². The van der Waals surface area contributed by atoms with Crippen molar-refractivity contribution in [2.45, 2.75) is 13.0 Å². The number of carbonyl (C=O) groups excluding carboxylic acids is 1. The highest BCUT2D eigenvalue weighted by Gasteiger charge is 2.20.